The molecule has 0 atom stereocenters. The molecule has 0 bridgehead atoms. The van der Waals surface area contributed by atoms with Crippen molar-refractivity contribution in [2.24, 2.45) is 0 Å². The van der Waals surface area contributed by atoms with Crippen molar-refractivity contribution in [3.63, 3.8) is 0 Å². The van der Waals surface area contributed by atoms with Gasteiger partial charge in [0.15, 0.2) is 0 Å². The average molecular weight is 487 g/mol. The molecule has 0 aromatic rings. The lowest BCUT2D eigenvalue weighted by atomic mass is 10.3. The van der Waals surface area contributed by atoms with E-state index in [4.69, 9.17) is 0 Å². The number of nitrogens with zero attached hydrogens (tertiary/aromatic N) is 2. The molecule has 172 valence electrons. The van der Waals surface area contributed by atoms with Crippen LogP contribution in [-0.2, 0) is 14.4 Å². The van der Waals surface area contributed by atoms with Crippen LogP contribution in [0.15, 0.2) is 0 Å². The van der Waals surface area contributed by atoms with Crippen molar-refractivity contribution >= 4 is 68.0 Å². The Hall–Kier alpha value is 0.0900. The number of Topliss-reactive ketones (excluding diaryl/α,β-unsaturated/α-hetero) is 2. The number of hydrogen-bond donors (Lipinski definition) is 6. The molecule has 0 aliphatic rings. The van der Waals surface area contributed by atoms with Crippen LogP contribution >= 0.6 is 50.5 Å². The molecule has 0 aromatic heterocycles. The molecule has 0 spiro atoms. The van der Waals surface area contributed by atoms with E-state index in [1.165, 1.54) is 6.92 Å². The van der Waals surface area contributed by atoms with Crippen molar-refractivity contribution in [1.29, 1.82) is 0 Å². The van der Waals surface area contributed by atoms with Crippen LogP contribution in [0, 0.1) is 0 Å². The summed E-state index contributed by atoms with van der Waals surface area (Å²) in [6, 6.07) is 0. The molecule has 11 heteroatoms. The average Bonchev–Trinajstić information content (AvgIpc) is 2.63. The van der Waals surface area contributed by atoms with Crippen molar-refractivity contribution in [2.45, 2.75) is 13.8 Å². The molecule has 0 radical (unpaired) electrons. The van der Waals surface area contributed by atoms with E-state index < -0.39 is 0 Å². The fourth-order valence-electron chi connectivity index (χ4n) is 2.29. The normalized spacial score (nSPS) is 10.6. The highest BCUT2D eigenvalue weighted by atomic mass is 32.1. The van der Waals surface area contributed by atoms with Gasteiger partial charge >= 0.3 is 0 Å². The summed E-state index contributed by atoms with van der Waals surface area (Å²) in [7, 11) is 0. The first kappa shape index (κ1) is 31.3. The van der Waals surface area contributed by atoms with Gasteiger partial charge in [0.2, 0.25) is 5.91 Å². The Balaban J connectivity index is 0. The number of carbonyl (C=O) groups excluding carboxylic acids is 3. The maximum atomic E-state index is 11.3. The van der Waals surface area contributed by atoms with E-state index in [0.717, 1.165) is 37.7 Å². The van der Waals surface area contributed by atoms with E-state index in [0.29, 0.717) is 37.7 Å². The van der Waals surface area contributed by atoms with Crippen molar-refractivity contribution < 1.29 is 14.4 Å². The SMILES string of the molecule is CC(=O)CN(CCS)CC(=O)NCCS.CC(=O)CN(CCS)CCNCCS. The third-order valence-electron chi connectivity index (χ3n) is 3.42. The van der Waals surface area contributed by atoms with Gasteiger partial charge < -0.3 is 10.6 Å². The van der Waals surface area contributed by atoms with Crippen LogP contribution in [0.3, 0.4) is 0 Å². The van der Waals surface area contributed by atoms with Gasteiger partial charge in [0.05, 0.1) is 19.6 Å². The molecular formula is C18H38N4O3S4. The highest BCUT2D eigenvalue weighted by molar-refractivity contribution is 7.80. The third kappa shape index (κ3) is 24.2. The molecule has 2 N–H and O–H groups in total. The van der Waals surface area contributed by atoms with Gasteiger partial charge in [-0.25, -0.2) is 0 Å². The minimum Gasteiger partial charge on any atom is -0.354 e. The lowest BCUT2D eigenvalue weighted by Crippen LogP contribution is -2.40. The maximum Gasteiger partial charge on any atom is 0.234 e. The Labute approximate surface area is 198 Å². The molecule has 0 aromatic carbocycles. The smallest absolute Gasteiger partial charge is 0.234 e. The predicted octanol–water partition coefficient (Wildman–Crippen LogP) is 0.180. The first-order valence-corrected chi connectivity index (χ1v) is 12.2. The van der Waals surface area contributed by atoms with E-state index in [1.54, 1.807) is 11.8 Å². The van der Waals surface area contributed by atoms with Crippen molar-refractivity contribution in [3.05, 3.63) is 0 Å². The van der Waals surface area contributed by atoms with E-state index in [-0.39, 0.29) is 24.0 Å². The highest BCUT2D eigenvalue weighted by Gasteiger charge is 2.11. The second-order valence-corrected chi connectivity index (χ2v) is 8.17. The lowest BCUT2D eigenvalue weighted by molar-refractivity contribution is -0.123. The molecule has 0 saturated heterocycles. The molecule has 0 unspecified atom stereocenters. The predicted molar refractivity (Wildman–Crippen MR) is 136 cm³/mol. The van der Waals surface area contributed by atoms with E-state index >= 15 is 0 Å². The first-order chi connectivity index (χ1) is 13.8. The number of ketones is 2. The van der Waals surface area contributed by atoms with Crippen LogP contribution in [0.1, 0.15) is 13.8 Å². The summed E-state index contributed by atoms with van der Waals surface area (Å²) in [5.41, 5.74) is 0. The van der Waals surface area contributed by atoms with Crippen LogP contribution in [0.25, 0.3) is 0 Å². The Morgan fingerprint density at radius 1 is 0.655 bits per heavy atom. The van der Waals surface area contributed by atoms with Crippen LogP contribution in [0.2, 0.25) is 0 Å². The quantitative estimate of drug-likeness (QED) is 0.130. The van der Waals surface area contributed by atoms with Crippen LogP contribution in [0.5, 0.6) is 0 Å². The molecule has 0 saturated carbocycles. The van der Waals surface area contributed by atoms with Crippen LogP contribution in [0.4, 0.5) is 0 Å². The number of carbonyl (C=O) groups is 3. The lowest BCUT2D eigenvalue weighted by Gasteiger charge is -2.19. The minimum atomic E-state index is -0.0768. The first-order valence-electron chi connectivity index (χ1n) is 9.65. The zero-order chi connectivity index (χ0) is 22.5. The molecule has 0 aliphatic carbocycles. The number of hydrogen-bond acceptors (Lipinski definition) is 10. The monoisotopic (exact) mass is 486 g/mol. The third-order valence-corrected chi connectivity index (χ3v) is 4.27. The van der Waals surface area contributed by atoms with Crippen molar-refractivity contribution in [2.75, 3.05) is 81.9 Å². The standard InChI is InChI=1S/C9H18N2O2S2.C9H20N2OS2/c1-8(12)6-11(3-5-15)7-9(13)10-2-4-14;1-9(12)8-11(5-7-14)4-2-10-3-6-13/h14-15H,2-7H2,1H3,(H,10,13);10,13-14H,2-8H2,1H3. The highest BCUT2D eigenvalue weighted by Crippen LogP contribution is 1.91. The number of nitrogens with one attached hydrogen (secondary N) is 2. The molecule has 0 rings (SSSR count). The summed E-state index contributed by atoms with van der Waals surface area (Å²) in [6.45, 7) is 8.97. The fraction of sp³-hybridized carbons (Fsp3) is 0.833. The van der Waals surface area contributed by atoms with Gasteiger partial charge in [0.1, 0.15) is 11.6 Å². The van der Waals surface area contributed by atoms with E-state index in [9.17, 15) is 14.4 Å². The van der Waals surface area contributed by atoms with Crippen molar-refractivity contribution in [3.8, 4) is 0 Å². The zero-order valence-electron chi connectivity index (χ0n) is 17.6. The minimum absolute atomic E-state index is 0.0544. The van der Waals surface area contributed by atoms with Gasteiger partial charge in [0, 0.05) is 62.3 Å². The van der Waals surface area contributed by atoms with Gasteiger partial charge in [0.25, 0.3) is 0 Å². The van der Waals surface area contributed by atoms with Gasteiger partial charge in [-0.05, 0) is 13.8 Å². The van der Waals surface area contributed by atoms with E-state index in [2.05, 4.69) is 66.0 Å². The molecule has 0 heterocycles. The Morgan fingerprint density at radius 2 is 1.17 bits per heavy atom. The summed E-state index contributed by atoms with van der Waals surface area (Å²) in [6.07, 6.45) is 0. The molecular weight excluding hydrogens is 448 g/mol. The summed E-state index contributed by atoms with van der Waals surface area (Å²) >= 11 is 16.3. The summed E-state index contributed by atoms with van der Waals surface area (Å²) in [5, 5.41) is 5.94. The summed E-state index contributed by atoms with van der Waals surface area (Å²) in [5.74, 6) is 3.07. The summed E-state index contributed by atoms with van der Waals surface area (Å²) < 4.78 is 0. The number of rotatable bonds is 17. The van der Waals surface area contributed by atoms with Gasteiger partial charge in [-0.15, -0.1) is 0 Å². The maximum absolute atomic E-state index is 11.3. The Bertz CT molecular complexity index is 445. The molecule has 1 amide bonds. The summed E-state index contributed by atoms with van der Waals surface area (Å²) in [4.78, 5) is 37.1. The van der Waals surface area contributed by atoms with Gasteiger partial charge in [-0.3, -0.25) is 24.2 Å². The van der Waals surface area contributed by atoms with Crippen molar-refractivity contribution in [1.82, 2.24) is 20.4 Å². The molecule has 29 heavy (non-hydrogen) atoms. The number of amides is 1. The van der Waals surface area contributed by atoms with Gasteiger partial charge in [-0.1, -0.05) is 0 Å². The fourth-order valence-corrected chi connectivity index (χ4v) is 3.13. The molecule has 0 fully saturated rings. The van der Waals surface area contributed by atoms with Gasteiger partial charge in [-0.2, -0.15) is 50.5 Å². The zero-order valence-corrected chi connectivity index (χ0v) is 21.2. The second-order valence-electron chi connectivity index (χ2n) is 6.39. The largest absolute Gasteiger partial charge is 0.354 e. The topological polar surface area (TPSA) is 81.8 Å². The van der Waals surface area contributed by atoms with Crippen LogP contribution in [-0.4, -0.2) is 109 Å². The van der Waals surface area contributed by atoms with Crippen LogP contribution < -0.4 is 10.6 Å². The van der Waals surface area contributed by atoms with E-state index in [1.807, 2.05) is 0 Å². The molecule has 0 aliphatic heterocycles. The second kappa shape index (κ2) is 22.8. The molecule has 7 nitrogen and oxygen atoms in total. The Kier molecular flexibility index (Phi) is 24.6. The Morgan fingerprint density at radius 3 is 1.66 bits per heavy atom. The number of thiol groups is 4.